The van der Waals surface area contributed by atoms with Crippen LogP contribution in [0.3, 0.4) is 0 Å². The standard InChI is InChI=1S/C11H14N4O/c1-8(12)11-4-3-9(5-13-11)16-10-6-14-15(2)7-10/h3-8H,12H2,1-2H3/t8-/m0/s1. The highest BCUT2D eigenvalue weighted by molar-refractivity contribution is 5.27. The maximum atomic E-state index is 5.70. The van der Waals surface area contributed by atoms with Crippen molar-refractivity contribution in [3.8, 4) is 11.5 Å². The molecule has 0 aliphatic rings. The van der Waals surface area contributed by atoms with Crippen LogP contribution in [0.2, 0.25) is 0 Å². The highest BCUT2D eigenvalue weighted by Crippen LogP contribution is 2.20. The Morgan fingerprint density at radius 3 is 2.62 bits per heavy atom. The maximum absolute atomic E-state index is 5.70. The van der Waals surface area contributed by atoms with Gasteiger partial charge in [-0.15, -0.1) is 0 Å². The third-order valence-corrected chi connectivity index (χ3v) is 2.14. The third-order valence-electron chi connectivity index (χ3n) is 2.14. The minimum Gasteiger partial charge on any atom is -0.452 e. The van der Waals surface area contributed by atoms with Crippen LogP contribution in [0.1, 0.15) is 18.7 Å². The molecule has 1 atom stereocenters. The van der Waals surface area contributed by atoms with E-state index in [1.165, 1.54) is 0 Å². The summed E-state index contributed by atoms with van der Waals surface area (Å²) < 4.78 is 7.23. The molecule has 2 aromatic heterocycles. The summed E-state index contributed by atoms with van der Waals surface area (Å²) in [5.41, 5.74) is 6.55. The monoisotopic (exact) mass is 218 g/mol. The van der Waals surface area contributed by atoms with Crippen molar-refractivity contribution in [1.82, 2.24) is 14.8 Å². The molecule has 2 aromatic rings. The summed E-state index contributed by atoms with van der Waals surface area (Å²) in [6.45, 7) is 1.89. The van der Waals surface area contributed by atoms with E-state index in [9.17, 15) is 0 Å². The van der Waals surface area contributed by atoms with E-state index >= 15 is 0 Å². The number of rotatable bonds is 3. The van der Waals surface area contributed by atoms with E-state index in [1.54, 1.807) is 23.3 Å². The number of ether oxygens (including phenoxy) is 1. The van der Waals surface area contributed by atoms with Crippen molar-refractivity contribution in [2.45, 2.75) is 13.0 Å². The molecular formula is C11H14N4O. The van der Waals surface area contributed by atoms with Gasteiger partial charge in [-0.05, 0) is 19.1 Å². The predicted octanol–water partition coefficient (Wildman–Crippen LogP) is 1.63. The number of hydrogen-bond donors (Lipinski definition) is 1. The molecule has 16 heavy (non-hydrogen) atoms. The van der Waals surface area contributed by atoms with Gasteiger partial charge in [0.05, 0.1) is 24.3 Å². The van der Waals surface area contributed by atoms with Gasteiger partial charge >= 0.3 is 0 Å². The molecule has 5 nitrogen and oxygen atoms in total. The van der Waals surface area contributed by atoms with Crippen molar-refractivity contribution < 1.29 is 4.74 Å². The van der Waals surface area contributed by atoms with Crippen molar-refractivity contribution in [3.05, 3.63) is 36.4 Å². The predicted molar refractivity (Wildman–Crippen MR) is 60.1 cm³/mol. The van der Waals surface area contributed by atoms with Gasteiger partial charge in [-0.2, -0.15) is 5.10 Å². The van der Waals surface area contributed by atoms with E-state index in [0.717, 1.165) is 5.69 Å². The molecule has 2 N–H and O–H groups in total. The molecule has 0 aliphatic carbocycles. The van der Waals surface area contributed by atoms with Crippen LogP contribution in [0.4, 0.5) is 0 Å². The van der Waals surface area contributed by atoms with E-state index in [2.05, 4.69) is 10.1 Å². The number of pyridine rings is 1. The second-order valence-corrected chi connectivity index (χ2v) is 3.66. The van der Waals surface area contributed by atoms with E-state index in [0.29, 0.717) is 11.5 Å². The van der Waals surface area contributed by atoms with Crippen LogP contribution in [0, 0.1) is 0 Å². The summed E-state index contributed by atoms with van der Waals surface area (Å²) in [5.74, 6) is 1.37. The fourth-order valence-electron chi connectivity index (χ4n) is 1.31. The first-order valence-corrected chi connectivity index (χ1v) is 5.03. The lowest BCUT2D eigenvalue weighted by Crippen LogP contribution is -2.06. The molecule has 0 aromatic carbocycles. The van der Waals surface area contributed by atoms with E-state index in [1.807, 2.05) is 26.1 Å². The molecule has 84 valence electrons. The van der Waals surface area contributed by atoms with Crippen LogP contribution in [0.25, 0.3) is 0 Å². The van der Waals surface area contributed by atoms with Crippen LogP contribution < -0.4 is 10.5 Å². The van der Waals surface area contributed by atoms with Crippen LogP contribution in [0.5, 0.6) is 11.5 Å². The first kappa shape index (κ1) is 10.6. The molecule has 0 aliphatic heterocycles. The van der Waals surface area contributed by atoms with Gasteiger partial charge in [-0.1, -0.05) is 0 Å². The summed E-state index contributed by atoms with van der Waals surface area (Å²) in [7, 11) is 1.84. The zero-order valence-corrected chi connectivity index (χ0v) is 9.29. The molecule has 0 unspecified atom stereocenters. The summed E-state index contributed by atoms with van der Waals surface area (Å²) in [5, 5.41) is 4.01. The molecule has 0 saturated carbocycles. The topological polar surface area (TPSA) is 66.0 Å². The van der Waals surface area contributed by atoms with E-state index < -0.39 is 0 Å². The average molecular weight is 218 g/mol. The first-order valence-electron chi connectivity index (χ1n) is 5.03. The van der Waals surface area contributed by atoms with Crippen LogP contribution in [-0.2, 0) is 7.05 Å². The van der Waals surface area contributed by atoms with Gasteiger partial charge < -0.3 is 10.5 Å². The van der Waals surface area contributed by atoms with E-state index in [4.69, 9.17) is 10.5 Å². The maximum Gasteiger partial charge on any atom is 0.165 e. The first-order chi connectivity index (χ1) is 7.65. The van der Waals surface area contributed by atoms with Crippen molar-refractivity contribution in [1.29, 1.82) is 0 Å². The van der Waals surface area contributed by atoms with Crippen LogP contribution >= 0.6 is 0 Å². The molecule has 0 fully saturated rings. The van der Waals surface area contributed by atoms with Gasteiger partial charge in [-0.3, -0.25) is 9.67 Å². The van der Waals surface area contributed by atoms with Gasteiger partial charge in [0, 0.05) is 13.1 Å². The zero-order chi connectivity index (χ0) is 11.5. The van der Waals surface area contributed by atoms with Gasteiger partial charge in [0.15, 0.2) is 5.75 Å². The molecular weight excluding hydrogens is 204 g/mol. The van der Waals surface area contributed by atoms with Crippen molar-refractivity contribution in [3.63, 3.8) is 0 Å². The van der Waals surface area contributed by atoms with Gasteiger partial charge in [0.2, 0.25) is 0 Å². The van der Waals surface area contributed by atoms with Gasteiger partial charge in [0.25, 0.3) is 0 Å². The van der Waals surface area contributed by atoms with Crippen molar-refractivity contribution >= 4 is 0 Å². The minimum absolute atomic E-state index is 0.0626. The van der Waals surface area contributed by atoms with Crippen LogP contribution in [-0.4, -0.2) is 14.8 Å². The molecule has 0 bridgehead atoms. The molecule has 5 heteroatoms. The quantitative estimate of drug-likeness (QED) is 0.850. The summed E-state index contributed by atoms with van der Waals surface area (Å²) in [6, 6.07) is 3.64. The Morgan fingerprint density at radius 2 is 2.12 bits per heavy atom. The molecule has 0 spiro atoms. The lowest BCUT2D eigenvalue weighted by atomic mass is 10.2. The molecule has 2 heterocycles. The Hall–Kier alpha value is -1.88. The molecule has 0 saturated heterocycles. The highest BCUT2D eigenvalue weighted by atomic mass is 16.5. The minimum atomic E-state index is -0.0626. The number of hydrogen-bond acceptors (Lipinski definition) is 4. The summed E-state index contributed by atoms with van der Waals surface area (Å²) in [6.07, 6.45) is 5.10. The van der Waals surface area contributed by atoms with Crippen LogP contribution in [0.15, 0.2) is 30.7 Å². The second kappa shape index (κ2) is 4.32. The lowest BCUT2D eigenvalue weighted by Gasteiger charge is -2.06. The smallest absolute Gasteiger partial charge is 0.165 e. The Balaban J connectivity index is 2.11. The Kier molecular flexibility index (Phi) is 2.87. The van der Waals surface area contributed by atoms with Gasteiger partial charge in [-0.25, -0.2) is 0 Å². The Bertz CT molecular complexity index is 461. The van der Waals surface area contributed by atoms with E-state index in [-0.39, 0.29) is 6.04 Å². The zero-order valence-electron chi connectivity index (χ0n) is 9.29. The molecule has 0 radical (unpaired) electrons. The number of aromatic nitrogens is 3. The Labute approximate surface area is 93.9 Å². The normalized spacial score (nSPS) is 12.4. The molecule has 2 rings (SSSR count). The summed E-state index contributed by atoms with van der Waals surface area (Å²) in [4.78, 5) is 4.20. The largest absolute Gasteiger partial charge is 0.452 e. The van der Waals surface area contributed by atoms with Crippen molar-refractivity contribution in [2.75, 3.05) is 0 Å². The SMILES string of the molecule is C[C@H](N)c1ccc(Oc2cnn(C)c2)cn1. The Morgan fingerprint density at radius 1 is 1.31 bits per heavy atom. The average Bonchev–Trinajstić information content (AvgIpc) is 2.65. The number of nitrogens with zero attached hydrogens (tertiary/aromatic N) is 3. The summed E-state index contributed by atoms with van der Waals surface area (Å²) >= 11 is 0. The second-order valence-electron chi connectivity index (χ2n) is 3.66. The fourth-order valence-corrected chi connectivity index (χ4v) is 1.31. The number of aryl methyl sites for hydroxylation is 1. The third kappa shape index (κ3) is 2.38. The van der Waals surface area contributed by atoms with Gasteiger partial charge in [0.1, 0.15) is 5.75 Å². The lowest BCUT2D eigenvalue weighted by molar-refractivity contribution is 0.478. The molecule has 0 amide bonds. The van der Waals surface area contributed by atoms with Crippen molar-refractivity contribution in [2.24, 2.45) is 12.8 Å². The highest BCUT2D eigenvalue weighted by Gasteiger charge is 2.03. The fraction of sp³-hybridized carbons (Fsp3) is 0.273. The number of nitrogens with two attached hydrogens (primary N) is 1.